The molecule has 1 rings (SSSR count). The Hall–Kier alpha value is -1.71. The summed E-state index contributed by atoms with van der Waals surface area (Å²) in [6.45, 7) is 1.34. The third-order valence-electron chi connectivity index (χ3n) is 1.39. The Kier molecular flexibility index (Phi) is 2.53. The van der Waals surface area contributed by atoms with Gasteiger partial charge in [0, 0.05) is 24.9 Å². The van der Waals surface area contributed by atoms with Crippen molar-refractivity contribution in [2.24, 2.45) is 5.16 Å². The summed E-state index contributed by atoms with van der Waals surface area (Å²) in [6, 6.07) is 3.22. The summed E-state index contributed by atoms with van der Waals surface area (Å²) >= 11 is 0. The van der Waals surface area contributed by atoms with E-state index in [1.807, 2.05) is 0 Å². The number of carbonyl (C=O) groups excluding carboxylic acids is 1. The van der Waals surface area contributed by atoms with Crippen molar-refractivity contribution in [3.05, 3.63) is 30.1 Å². The van der Waals surface area contributed by atoms with E-state index in [-0.39, 0.29) is 11.5 Å². The summed E-state index contributed by atoms with van der Waals surface area (Å²) in [7, 11) is 0. The number of Topliss-reactive ketones (excluding diaryl/α,β-unsaturated/α-hetero) is 1. The normalized spacial score (nSPS) is 11.2. The summed E-state index contributed by atoms with van der Waals surface area (Å²) in [6.07, 6.45) is 3.06. The van der Waals surface area contributed by atoms with Gasteiger partial charge in [0.2, 0.25) is 0 Å². The molecule has 0 unspecified atom stereocenters. The highest BCUT2D eigenvalue weighted by atomic mass is 16.4. The topological polar surface area (TPSA) is 62.5 Å². The second-order valence-corrected chi connectivity index (χ2v) is 2.24. The smallest absolute Gasteiger partial charge is 0.182 e. The highest BCUT2D eigenvalue weighted by molar-refractivity contribution is 6.45. The van der Waals surface area contributed by atoms with Crippen LogP contribution in [0.1, 0.15) is 12.5 Å². The molecule has 62 valence electrons. The summed E-state index contributed by atoms with van der Waals surface area (Å²) in [5.74, 6) is -0.274. The number of aromatic nitrogens is 1. The average molecular weight is 164 g/mol. The maximum atomic E-state index is 10.9. The third-order valence-corrected chi connectivity index (χ3v) is 1.39. The van der Waals surface area contributed by atoms with Gasteiger partial charge in [-0.3, -0.25) is 9.78 Å². The number of nitrogens with zero attached hydrogens (tertiary/aromatic N) is 2. The number of rotatable bonds is 2. The lowest BCUT2D eigenvalue weighted by molar-refractivity contribution is -0.111. The summed E-state index contributed by atoms with van der Waals surface area (Å²) < 4.78 is 0. The standard InChI is InChI=1S/C8H8N2O2/c1-6(11)8(10-12)7-2-4-9-5-3-7/h2-5,12H,1H3/b10-8-. The minimum absolute atomic E-state index is 0.0531. The fourth-order valence-corrected chi connectivity index (χ4v) is 0.841. The van der Waals surface area contributed by atoms with Crippen LogP contribution in [0.3, 0.4) is 0 Å². The van der Waals surface area contributed by atoms with Crippen LogP contribution in [0.4, 0.5) is 0 Å². The van der Waals surface area contributed by atoms with E-state index in [9.17, 15) is 4.79 Å². The molecule has 0 spiro atoms. The Morgan fingerprint density at radius 2 is 2.08 bits per heavy atom. The van der Waals surface area contributed by atoms with Gasteiger partial charge in [0.25, 0.3) is 0 Å². The molecular weight excluding hydrogens is 156 g/mol. The fourth-order valence-electron chi connectivity index (χ4n) is 0.841. The molecule has 0 aliphatic heterocycles. The van der Waals surface area contributed by atoms with Crippen LogP contribution >= 0.6 is 0 Å². The van der Waals surface area contributed by atoms with Crippen LogP contribution in [0, 0.1) is 0 Å². The molecule has 4 nitrogen and oxygen atoms in total. The van der Waals surface area contributed by atoms with E-state index in [1.165, 1.54) is 19.3 Å². The van der Waals surface area contributed by atoms with Gasteiger partial charge in [-0.2, -0.15) is 0 Å². The maximum Gasteiger partial charge on any atom is 0.182 e. The largest absolute Gasteiger partial charge is 0.410 e. The van der Waals surface area contributed by atoms with Crippen LogP contribution < -0.4 is 0 Å². The van der Waals surface area contributed by atoms with Crippen molar-refractivity contribution in [1.29, 1.82) is 0 Å². The van der Waals surface area contributed by atoms with Crippen LogP contribution in [0.2, 0.25) is 0 Å². The van der Waals surface area contributed by atoms with Crippen molar-refractivity contribution in [1.82, 2.24) is 4.98 Å². The third kappa shape index (κ3) is 1.66. The van der Waals surface area contributed by atoms with E-state index in [0.29, 0.717) is 5.56 Å². The molecule has 0 bridgehead atoms. The Bertz CT molecular complexity index is 306. The molecule has 0 atom stereocenters. The lowest BCUT2D eigenvalue weighted by Crippen LogP contribution is -2.11. The van der Waals surface area contributed by atoms with Gasteiger partial charge in [0.1, 0.15) is 0 Å². The first-order chi connectivity index (χ1) is 5.75. The summed E-state index contributed by atoms with van der Waals surface area (Å²) in [5.41, 5.74) is 0.623. The molecule has 1 aromatic rings. The zero-order chi connectivity index (χ0) is 8.97. The lowest BCUT2D eigenvalue weighted by Gasteiger charge is -1.97. The number of hydrogen-bond donors (Lipinski definition) is 1. The molecule has 12 heavy (non-hydrogen) atoms. The van der Waals surface area contributed by atoms with Crippen molar-refractivity contribution in [2.75, 3.05) is 0 Å². The van der Waals surface area contributed by atoms with Crippen LogP contribution in [0.25, 0.3) is 0 Å². The van der Waals surface area contributed by atoms with Crippen molar-refractivity contribution >= 4 is 11.5 Å². The number of hydrogen-bond acceptors (Lipinski definition) is 4. The van der Waals surface area contributed by atoms with Gasteiger partial charge in [-0.15, -0.1) is 0 Å². The first kappa shape index (κ1) is 8.39. The van der Waals surface area contributed by atoms with Crippen LogP contribution in [-0.4, -0.2) is 21.7 Å². The highest BCUT2D eigenvalue weighted by Crippen LogP contribution is 1.99. The minimum Gasteiger partial charge on any atom is -0.410 e. The number of ketones is 1. The quantitative estimate of drug-likeness (QED) is 0.400. The van der Waals surface area contributed by atoms with E-state index in [4.69, 9.17) is 5.21 Å². The van der Waals surface area contributed by atoms with E-state index < -0.39 is 0 Å². The molecule has 1 N–H and O–H groups in total. The van der Waals surface area contributed by atoms with E-state index in [0.717, 1.165) is 0 Å². The van der Waals surface area contributed by atoms with E-state index >= 15 is 0 Å². The van der Waals surface area contributed by atoms with Gasteiger partial charge in [-0.05, 0) is 12.1 Å². The molecule has 1 heterocycles. The molecule has 0 amide bonds. The van der Waals surface area contributed by atoms with Gasteiger partial charge >= 0.3 is 0 Å². The Labute approximate surface area is 69.6 Å². The van der Waals surface area contributed by atoms with Crippen molar-refractivity contribution in [3.8, 4) is 0 Å². The van der Waals surface area contributed by atoms with Crippen molar-refractivity contribution in [2.45, 2.75) is 6.92 Å². The number of carbonyl (C=O) groups is 1. The first-order valence-electron chi connectivity index (χ1n) is 3.39. The van der Waals surface area contributed by atoms with Crippen molar-refractivity contribution < 1.29 is 10.0 Å². The summed E-state index contributed by atoms with van der Waals surface area (Å²) in [4.78, 5) is 14.6. The Morgan fingerprint density at radius 1 is 1.50 bits per heavy atom. The molecule has 0 saturated carbocycles. The van der Waals surface area contributed by atoms with Gasteiger partial charge in [0.15, 0.2) is 11.5 Å². The Balaban J connectivity index is 3.05. The molecule has 4 heteroatoms. The molecule has 0 radical (unpaired) electrons. The second-order valence-electron chi connectivity index (χ2n) is 2.24. The monoisotopic (exact) mass is 164 g/mol. The van der Waals surface area contributed by atoms with Crippen LogP contribution in [-0.2, 0) is 4.79 Å². The van der Waals surface area contributed by atoms with Gasteiger partial charge in [-0.25, -0.2) is 0 Å². The summed E-state index contributed by atoms with van der Waals surface area (Å²) in [5, 5.41) is 11.4. The molecule has 1 aromatic heterocycles. The minimum atomic E-state index is -0.274. The molecule has 0 fully saturated rings. The highest BCUT2D eigenvalue weighted by Gasteiger charge is 2.08. The number of pyridine rings is 1. The molecule has 0 aliphatic rings. The van der Waals surface area contributed by atoms with Gasteiger partial charge < -0.3 is 5.21 Å². The first-order valence-corrected chi connectivity index (χ1v) is 3.39. The predicted molar refractivity (Wildman–Crippen MR) is 43.2 cm³/mol. The fraction of sp³-hybridized carbons (Fsp3) is 0.125. The zero-order valence-electron chi connectivity index (χ0n) is 6.56. The molecule has 0 saturated heterocycles. The maximum absolute atomic E-state index is 10.9. The van der Waals surface area contributed by atoms with Crippen LogP contribution in [0.5, 0.6) is 0 Å². The Morgan fingerprint density at radius 3 is 2.50 bits per heavy atom. The predicted octanol–water partition coefficient (Wildman–Crippen LogP) is 0.849. The van der Waals surface area contributed by atoms with Crippen molar-refractivity contribution in [3.63, 3.8) is 0 Å². The zero-order valence-corrected chi connectivity index (χ0v) is 6.56. The molecule has 0 aromatic carbocycles. The van der Waals surface area contributed by atoms with Crippen LogP contribution in [0.15, 0.2) is 29.7 Å². The number of oxime groups is 1. The molecular formula is C8H8N2O2. The average Bonchev–Trinajstić information content (AvgIpc) is 2.07. The molecule has 0 aliphatic carbocycles. The lowest BCUT2D eigenvalue weighted by atomic mass is 10.1. The van der Waals surface area contributed by atoms with Gasteiger partial charge in [0.05, 0.1) is 0 Å². The SMILES string of the molecule is CC(=O)/C(=N/O)c1ccncc1. The second kappa shape index (κ2) is 3.61. The van der Waals surface area contributed by atoms with E-state index in [1.54, 1.807) is 12.1 Å². The van der Waals surface area contributed by atoms with E-state index in [2.05, 4.69) is 10.1 Å². The van der Waals surface area contributed by atoms with Gasteiger partial charge in [-0.1, -0.05) is 5.16 Å².